The van der Waals surface area contributed by atoms with E-state index in [1.165, 1.54) is 5.56 Å². The predicted octanol–water partition coefficient (Wildman–Crippen LogP) is 3.12. The topological polar surface area (TPSA) is 75.3 Å². The number of nitrogens with one attached hydrogen (secondary N) is 2. The van der Waals surface area contributed by atoms with Crippen molar-refractivity contribution in [3.8, 4) is 0 Å². The molecule has 0 saturated carbocycles. The highest BCUT2D eigenvalue weighted by Crippen LogP contribution is 2.33. The Balaban J connectivity index is 1.84. The van der Waals surface area contributed by atoms with Crippen LogP contribution in [-0.4, -0.2) is 20.6 Å². The monoisotopic (exact) mass is 344 g/mol. The Morgan fingerprint density at radius 2 is 1.71 bits per heavy atom. The number of benzene rings is 2. The van der Waals surface area contributed by atoms with Gasteiger partial charge in [-0.2, -0.15) is 0 Å². The summed E-state index contributed by atoms with van der Waals surface area (Å²) >= 11 is 0. The third-order valence-electron chi connectivity index (χ3n) is 4.17. The lowest BCUT2D eigenvalue weighted by Crippen LogP contribution is -2.25. The van der Waals surface area contributed by atoms with Crippen LogP contribution in [0.15, 0.2) is 48.5 Å². The molecule has 0 heterocycles. The van der Waals surface area contributed by atoms with Crippen LogP contribution in [0.25, 0.3) is 0 Å². The number of hydrogen-bond acceptors (Lipinski definition) is 3. The molecule has 0 spiro atoms. The zero-order chi connectivity index (χ0) is 17.2. The smallest absolute Gasteiger partial charge is 0.231 e. The van der Waals surface area contributed by atoms with Gasteiger partial charge in [0, 0.05) is 0 Å². The minimum Gasteiger partial charge on any atom is -0.324 e. The molecule has 1 amide bonds. The molecule has 0 aliphatic heterocycles. The quantitative estimate of drug-likeness (QED) is 0.895. The normalized spacial score (nSPS) is 17.0. The third-order valence-corrected chi connectivity index (χ3v) is 4.76. The maximum absolute atomic E-state index is 12.8. The molecule has 2 N–H and O–H groups in total. The third kappa shape index (κ3) is 3.76. The minimum absolute atomic E-state index is 0.107. The Kier molecular flexibility index (Phi) is 4.57. The van der Waals surface area contributed by atoms with E-state index >= 15 is 0 Å². The molecule has 1 aliphatic carbocycles. The predicted molar refractivity (Wildman–Crippen MR) is 95.7 cm³/mol. The van der Waals surface area contributed by atoms with Crippen molar-refractivity contribution in [2.24, 2.45) is 0 Å². The molecule has 0 aromatic heterocycles. The number of amides is 1. The van der Waals surface area contributed by atoms with Crippen molar-refractivity contribution in [3.63, 3.8) is 0 Å². The molecule has 2 aromatic rings. The van der Waals surface area contributed by atoms with E-state index in [9.17, 15) is 13.2 Å². The van der Waals surface area contributed by atoms with E-state index in [0.717, 1.165) is 31.1 Å². The molecule has 1 unspecified atom stereocenters. The van der Waals surface area contributed by atoms with Gasteiger partial charge in [-0.25, -0.2) is 8.42 Å². The average Bonchev–Trinajstić information content (AvgIpc) is 2.55. The van der Waals surface area contributed by atoms with Crippen LogP contribution in [0.3, 0.4) is 0 Å². The molecule has 0 bridgehead atoms. The van der Waals surface area contributed by atoms with Gasteiger partial charge in [-0.3, -0.25) is 9.52 Å². The number of aryl methyl sites for hydroxylation is 1. The standard InChI is InChI=1S/C18H20N2O3S/c1-24(22,23)20-17-12-5-4-11-16(17)19-18(21)15-10-6-8-13-7-2-3-9-14(13)15/h2-5,7,9,11-12,15,20H,6,8,10H2,1H3,(H,19,21). The molecule has 5 nitrogen and oxygen atoms in total. The summed E-state index contributed by atoms with van der Waals surface area (Å²) in [7, 11) is -3.41. The average molecular weight is 344 g/mol. The Labute approximate surface area is 142 Å². The highest BCUT2D eigenvalue weighted by Gasteiger charge is 2.26. The van der Waals surface area contributed by atoms with Crippen LogP contribution in [0.4, 0.5) is 11.4 Å². The molecule has 126 valence electrons. The van der Waals surface area contributed by atoms with Crippen molar-refractivity contribution in [1.82, 2.24) is 0 Å². The van der Waals surface area contributed by atoms with Crippen molar-refractivity contribution in [3.05, 3.63) is 59.7 Å². The van der Waals surface area contributed by atoms with Gasteiger partial charge in [0.05, 0.1) is 23.5 Å². The fraction of sp³-hybridized carbons (Fsp3) is 0.278. The zero-order valence-corrected chi connectivity index (χ0v) is 14.3. The van der Waals surface area contributed by atoms with Crippen LogP contribution in [0.1, 0.15) is 29.9 Å². The molecular weight excluding hydrogens is 324 g/mol. The van der Waals surface area contributed by atoms with Gasteiger partial charge in [0.25, 0.3) is 0 Å². The summed E-state index contributed by atoms with van der Waals surface area (Å²) in [6, 6.07) is 14.8. The van der Waals surface area contributed by atoms with Crippen LogP contribution in [-0.2, 0) is 21.2 Å². The summed E-state index contributed by atoms with van der Waals surface area (Å²) in [6.45, 7) is 0. The van der Waals surface area contributed by atoms with Crippen molar-refractivity contribution >= 4 is 27.3 Å². The van der Waals surface area contributed by atoms with Crippen LogP contribution in [0, 0.1) is 0 Å². The van der Waals surface area contributed by atoms with Gasteiger partial charge in [0.2, 0.25) is 15.9 Å². The minimum atomic E-state index is -3.41. The molecule has 0 fully saturated rings. The first-order chi connectivity index (χ1) is 11.4. The number of carbonyl (C=O) groups is 1. The van der Waals surface area contributed by atoms with Crippen LogP contribution >= 0.6 is 0 Å². The molecule has 0 saturated heterocycles. The van der Waals surface area contributed by atoms with Crippen LogP contribution in [0.5, 0.6) is 0 Å². The van der Waals surface area contributed by atoms with Crippen molar-refractivity contribution in [2.45, 2.75) is 25.2 Å². The van der Waals surface area contributed by atoms with Crippen molar-refractivity contribution in [1.29, 1.82) is 0 Å². The lowest BCUT2D eigenvalue weighted by Gasteiger charge is -2.25. The summed E-state index contributed by atoms with van der Waals surface area (Å²) in [6.07, 6.45) is 3.85. The molecule has 3 rings (SSSR count). The summed E-state index contributed by atoms with van der Waals surface area (Å²) < 4.78 is 25.4. The van der Waals surface area contributed by atoms with E-state index in [0.29, 0.717) is 11.4 Å². The second-order valence-electron chi connectivity index (χ2n) is 6.05. The largest absolute Gasteiger partial charge is 0.324 e. The van der Waals surface area contributed by atoms with Gasteiger partial charge < -0.3 is 5.32 Å². The number of rotatable bonds is 4. The van der Waals surface area contributed by atoms with Gasteiger partial charge in [-0.05, 0) is 42.5 Å². The number of hydrogen-bond donors (Lipinski definition) is 2. The lowest BCUT2D eigenvalue weighted by molar-refractivity contribution is -0.117. The summed E-state index contributed by atoms with van der Waals surface area (Å²) in [5, 5.41) is 2.88. The first kappa shape index (κ1) is 16.5. The molecule has 6 heteroatoms. The van der Waals surface area contributed by atoms with Crippen LogP contribution < -0.4 is 10.0 Å². The first-order valence-corrected chi connectivity index (χ1v) is 9.79. The highest BCUT2D eigenvalue weighted by atomic mass is 32.2. The van der Waals surface area contributed by atoms with Gasteiger partial charge in [0.1, 0.15) is 0 Å². The van der Waals surface area contributed by atoms with Gasteiger partial charge in [0.15, 0.2) is 0 Å². The van der Waals surface area contributed by atoms with E-state index in [1.54, 1.807) is 24.3 Å². The summed E-state index contributed by atoms with van der Waals surface area (Å²) in [5.41, 5.74) is 3.12. The molecule has 1 aliphatic rings. The van der Waals surface area contributed by atoms with Gasteiger partial charge >= 0.3 is 0 Å². The number of sulfonamides is 1. The molecular formula is C18H20N2O3S. The highest BCUT2D eigenvalue weighted by molar-refractivity contribution is 7.92. The Morgan fingerprint density at radius 1 is 1.04 bits per heavy atom. The second kappa shape index (κ2) is 6.65. The van der Waals surface area contributed by atoms with E-state index in [-0.39, 0.29) is 11.8 Å². The molecule has 24 heavy (non-hydrogen) atoms. The molecule has 1 atom stereocenters. The molecule has 2 aromatic carbocycles. The lowest BCUT2D eigenvalue weighted by atomic mass is 9.82. The van der Waals surface area contributed by atoms with E-state index < -0.39 is 10.0 Å². The summed E-state index contributed by atoms with van der Waals surface area (Å²) in [4.78, 5) is 12.8. The van der Waals surface area contributed by atoms with Gasteiger partial charge in [-0.1, -0.05) is 36.4 Å². The first-order valence-electron chi connectivity index (χ1n) is 7.89. The van der Waals surface area contributed by atoms with Crippen LogP contribution in [0.2, 0.25) is 0 Å². The maximum Gasteiger partial charge on any atom is 0.231 e. The number of anilines is 2. The summed E-state index contributed by atoms with van der Waals surface area (Å²) in [5.74, 6) is -0.314. The Hall–Kier alpha value is -2.34. The number of fused-ring (bicyclic) bond motifs is 1. The number of para-hydroxylation sites is 2. The van der Waals surface area contributed by atoms with Crippen molar-refractivity contribution < 1.29 is 13.2 Å². The maximum atomic E-state index is 12.8. The second-order valence-corrected chi connectivity index (χ2v) is 7.80. The fourth-order valence-electron chi connectivity index (χ4n) is 3.13. The SMILES string of the molecule is CS(=O)(=O)Nc1ccccc1NC(=O)C1CCCc2ccccc21. The Bertz CT molecular complexity index is 862. The Morgan fingerprint density at radius 3 is 2.46 bits per heavy atom. The van der Waals surface area contributed by atoms with E-state index in [2.05, 4.69) is 16.1 Å². The number of carbonyl (C=O) groups excluding carboxylic acids is 1. The zero-order valence-electron chi connectivity index (χ0n) is 13.5. The van der Waals surface area contributed by atoms with Gasteiger partial charge in [-0.15, -0.1) is 0 Å². The fourth-order valence-corrected chi connectivity index (χ4v) is 3.70. The van der Waals surface area contributed by atoms with Crippen molar-refractivity contribution in [2.75, 3.05) is 16.3 Å². The van der Waals surface area contributed by atoms with E-state index in [1.807, 2.05) is 18.2 Å². The molecule has 0 radical (unpaired) electrons. The van der Waals surface area contributed by atoms with E-state index in [4.69, 9.17) is 0 Å².